The fourth-order valence-electron chi connectivity index (χ4n) is 2.50. The van der Waals surface area contributed by atoms with Crippen molar-refractivity contribution in [2.45, 2.75) is 19.9 Å². The Morgan fingerprint density at radius 2 is 1.80 bits per heavy atom. The average molecular weight is 351 g/mol. The van der Waals surface area contributed by atoms with Crippen molar-refractivity contribution in [3.05, 3.63) is 72.3 Å². The summed E-state index contributed by atoms with van der Waals surface area (Å²) in [7, 11) is 2.00. The van der Waals surface area contributed by atoms with Gasteiger partial charge in [0.15, 0.2) is 5.11 Å². The molecule has 2 aromatic carbocycles. The molecule has 0 bridgehead atoms. The number of nitrogens with zero attached hydrogens (tertiary/aromatic N) is 4. The Balaban J connectivity index is 1.67. The minimum Gasteiger partial charge on any atom is -0.345 e. The predicted octanol–water partition coefficient (Wildman–Crippen LogP) is 3.97. The van der Waals surface area contributed by atoms with Crippen LogP contribution in [0.15, 0.2) is 61.2 Å². The normalized spacial score (nSPS) is 11.8. The van der Waals surface area contributed by atoms with E-state index in [9.17, 15) is 0 Å². The molecule has 0 fully saturated rings. The maximum atomic E-state index is 5.55. The Morgan fingerprint density at radius 1 is 1.12 bits per heavy atom. The molecule has 3 rings (SSSR count). The molecule has 0 aliphatic carbocycles. The quantitative estimate of drug-likeness (QED) is 0.721. The molecule has 1 N–H and O–H groups in total. The van der Waals surface area contributed by atoms with E-state index in [1.165, 1.54) is 17.5 Å². The van der Waals surface area contributed by atoms with Crippen molar-refractivity contribution in [1.82, 2.24) is 19.7 Å². The number of thiocarbonyl (C=S) groups is 1. The first-order chi connectivity index (χ1) is 12.0. The molecular formula is C19H21N5S. The first-order valence-corrected chi connectivity index (χ1v) is 8.51. The van der Waals surface area contributed by atoms with Gasteiger partial charge in [-0.3, -0.25) is 0 Å². The van der Waals surface area contributed by atoms with Crippen LogP contribution >= 0.6 is 12.2 Å². The molecule has 6 heteroatoms. The molecule has 1 aromatic heterocycles. The van der Waals surface area contributed by atoms with Crippen LogP contribution < -0.4 is 5.32 Å². The molecule has 1 atom stereocenters. The lowest BCUT2D eigenvalue weighted by Gasteiger charge is -2.28. The fraction of sp³-hybridized carbons (Fsp3) is 0.211. The number of nitrogens with one attached hydrogen (secondary N) is 1. The molecule has 128 valence electrons. The monoisotopic (exact) mass is 351 g/mol. The number of benzene rings is 2. The van der Waals surface area contributed by atoms with Gasteiger partial charge in [0.2, 0.25) is 0 Å². The van der Waals surface area contributed by atoms with Crippen molar-refractivity contribution in [1.29, 1.82) is 0 Å². The summed E-state index contributed by atoms with van der Waals surface area (Å²) in [6.07, 6.45) is 3.21. The van der Waals surface area contributed by atoms with Crippen LogP contribution in [0.5, 0.6) is 0 Å². The van der Waals surface area contributed by atoms with E-state index < -0.39 is 0 Å². The van der Waals surface area contributed by atoms with Crippen LogP contribution in [-0.2, 0) is 0 Å². The van der Waals surface area contributed by atoms with E-state index in [0.717, 1.165) is 11.4 Å². The van der Waals surface area contributed by atoms with Gasteiger partial charge in [-0.05, 0) is 55.9 Å². The molecule has 3 aromatic rings. The number of hydrogen-bond donors (Lipinski definition) is 1. The van der Waals surface area contributed by atoms with Gasteiger partial charge in [-0.15, -0.1) is 0 Å². The zero-order chi connectivity index (χ0) is 17.8. The van der Waals surface area contributed by atoms with Crippen molar-refractivity contribution in [3.63, 3.8) is 0 Å². The third-order valence-corrected chi connectivity index (χ3v) is 4.65. The van der Waals surface area contributed by atoms with Gasteiger partial charge in [0.25, 0.3) is 0 Å². The highest BCUT2D eigenvalue weighted by Crippen LogP contribution is 2.21. The number of rotatable bonds is 4. The van der Waals surface area contributed by atoms with E-state index in [4.69, 9.17) is 12.2 Å². The highest BCUT2D eigenvalue weighted by Gasteiger charge is 2.15. The lowest BCUT2D eigenvalue weighted by Crippen LogP contribution is -2.33. The van der Waals surface area contributed by atoms with Crippen molar-refractivity contribution in [3.8, 4) is 5.69 Å². The summed E-state index contributed by atoms with van der Waals surface area (Å²) in [5.41, 5.74) is 4.39. The van der Waals surface area contributed by atoms with Crippen LogP contribution in [0.25, 0.3) is 5.69 Å². The van der Waals surface area contributed by atoms with Crippen LogP contribution in [0, 0.1) is 6.92 Å². The molecule has 0 saturated carbocycles. The Labute approximate surface area is 153 Å². The van der Waals surface area contributed by atoms with Gasteiger partial charge in [0.1, 0.15) is 12.7 Å². The van der Waals surface area contributed by atoms with Crippen LogP contribution in [-0.4, -0.2) is 31.8 Å². The highest BCUT2D eigenvalue weighted by atomic mass is 32.1. The second kappa shape index (κ2) is 7.44. The number of aromatic nitrogens is 3. The molecule has 0 spiro atoms. The first-order valence-electron chi connectivity index (χ1n) is 8.10. The highest BCUT2D eigenvalue weighted by molar-refractivity contribution is 7.80. The summed E-state index contributed by atoms with van der Waals surface area (Å²) < 4.78 is 1.74. The third-order valence-electron chi connectivity index (χ3n) is 4.26. The predicted molar refractivity (Wildman–Crippen MR) is 105 cm³/mol. The molecule has 1 heterocycles. The second-order valence-electron chi connectivity index (χ2n) is 6.01. The van der Waals surface area contributed by atoms with Crippen LogP contribution in [0.3, 0.4) is 0 Å². The summed E-state index contributed by atoms with van der Waals surface area (Å²) in [5, 5.41) is 8.12. The zero-order valence-corrected chi connectivity index (χ0v) is 15.4. The summed E-state index contributed by atoms with van der Waals surface area (Å²) >= 11 is 5.55. The second-order valence-corrected chi connectivity index (χ2v) is 6.40. The molecular weight excluding hydrogens is 330 g/mol. The van der Waals surface area contributed by atoms with E-state index in [0.29, 0.717) is 5.11 Å². The first kappa shape index (κ1) is 17.1. The standard InChI is InChI=1S/C19H21N5S/c1-14-4-8-17(9-5-14)22-19(25)23(3)15(2)16-6-10-18(11-7-16)24-13-20-12-21-24/h4-13,15H,1-3H3,(H,22,25)/t15-/m0/s1. The summed E-state index contributed by atoms with van der Waals surface area (Å²) in [4.78, 5) is 6.03. The van der Waals surface area contributed by atoms with E-state index in [1.807, 2.05) is 31.3 Å². The van der Waals surface area contributed by atoms with Gasteiger partial charge in [-0.2, -0.15) is 5.10 Å². The van der Waals surface area contributed by atoms with Crippen LogP contribution in [0.2, 0.25) is 0 Å². The molecule has 0 unspecified atom stereocenters. The number of aryl methyl sites for hydroxylation is 1. The van der Waals surface area contributed by atoms with Crippen molar-refractivity contribution >= 4 is 23.0 Å². The van der Waals surface area contributed by atoms with Crippen molar-refractivity contribution in [2.24, 2.45) is 0 Å². The summed E-state index contributed by atoms with van der Waals surface area (Å²) in [6, 6.07) is 16.6. The van der Waals surface area contributed by atoms with E-state index in [2.05, 4.69) is 58.4 Å². The van der Waals surface area contributed by atoms with E-state index >= 15 is 0 Å². The largest absolute Gasteiger partial charge is 0.345 e. The minimum atomic E-state index is 0.148. The smallest absolute Gasteiger partial charge is 0.173 e. The Morgan fingerprint density at radius 3 is 2.40 bits per heavy atom. The van der Waals surface area contributed by atoms with Gasteiger partial charge in [-0.1, -0.05) is 29.8 Å². The SMILES string of the molecule is Cc1ccc(NC(=S)N(C)[C@@H](C)c2ccc(-n3cncn3)cc2)cc1. The lowest BCUT2D eigenvalue weighted by atomic mass is 10.1. The van der Waals surface area contributed by atoms with Gasteiger partial charge in [-0.25, -0.2) is 9.67 Å². The van der Waals surface area contributed by atoms with Gasteiger partial charge in [0, 0.05) is 12.7 Å². The van der Waals surface area contributed by atoms with Crippen LogP contribution in [0.4, 0.5) is 5.69 Å². The average Bonchev–Trinajstić information content (AvgIpc) is 3.17. The molecule has 0 aliphatic heterocycles. The summed E-state index contributed by atoms with van der Waals surface area (Å²) in [6.45, 7) is 4.20. The Kier molecular flexibility index (Phi) is 5.09. The topological polar surface area (TPSA) is 46.0 Å². The van der Waals surface area contributed by atoms with E-state index in [-0.39, 0.29) is 6.04 Å². The molecule has 25 heavy (non-hydrogen) atoms. The maximum absolute atomic E-state index is 5.55. The molecule has 0 radical (unpaired) electrons. The van der Waals surface area contributed by atoms with Crippen molar-refractivity contribution < 1.29 is 0 Å². The lowest BCUT2D eigenvalue weighted by molar-refractivity contribution is 0.408. The molecule has 0 aliphatic rings. The molecule has 5 nitrogen and oxygen atoms in total. The molecule has 0 amide bonds. The zero-order valence-electron chi connectivity index (χ0n) is 14.5. The van der Waals surface area contributed by atoms with Gasteiger partial charge < -0.3 is 10.2 Å². The number of anilines is 1. The Bertz CT molecular complexity index is 825. The minimum absolute atomic E-state index is 0.148. The summed E-state index contributed by atoms with van der Waals surface area (Å²) in [5.74, 6) is 0. The maximum Gasteiger partial charge on any atom is 0.173 e. The number of hydrogen-bond acceptors (Lipinski definition) is 3. The van der Waals surface area contributed by atoms with Crippen molar-refractivity contribution in [2.75, 3.05) is 12.4 Å². The molecule has 0 saturated heterocycles. The van der Waals surface area contributed by atoms with Gasteiger partial charge >= 0.3 is 0 Å². The third kappa shape index (κ3) is 4.03. The fourth-order valence-corrected chi connectivity index (χ4v) is 2.77. The Hall–Kier alpha value is -2.73. The van der Waals surface area contributed by atoms with E-state index in [1.54, 1.807) is 11.0 Å². The van der Waals surface area contributed by atoms with Crippen LogP contribution in [0.1, 0.15) is 24.1 Å². The van der Waals surface area contributed by atoms with Gasteiger partial charge in [0.05, 0.1) is 11.7 Å².